The first-order chi connectivity index (χ1) is 9.17. The maximum atomic E-state index is 5.48. The molecule has 0 saturated carbocycles. The summed E-state index contributed by atoms with van der Waals surface area (Å²) in [6, 6.07) is 5.92. The fraction of sp³-hybridized carbons (Fsp3) is 0.231. The topological polar surface area (TPSA) is 66.7 Å². The lowest BCUT2D eigenvalue weighted by Gasteiger charge is -2.01. The molecule has 6 heteroatoms. The van der Waals surface area contributed by atoms with Crippen molar-refractivity contribution < 1.29 is 4.42 Å². The Kier molecular flexibility index (Phi) is 3.12. The first-order valence-electron chi connectivity index (χ1n) is 5.94. The molecule has 0 saturated heterocycles. The Morgan fingerprint density at radius 2 is 2.21 bits per heavy atom. The van der Waals surface area contributed by atoms with Crippen LogP contribution in [0.1, 0.15) is 11.6 Å². The molecule has 0 fully saturated rings. The van der Waals surface area contributed by atoms with Crippen molar-refractivity contribution in [1.82, 2.24) is 20.3 Å². The Morgan fingerprint density at radius 3 is 3.00 bits per heavy atom. The van der Waals surface area contributed by atoms with Crippen molar-refractivity contribution >= 4 is 27.0 Å². The standard InChI is InChI=1S/C13H13BrN4O/c1-7-16-9-5-8(3-4-11(9)19-7)12-10(6-15-2)17-13(14)18-12/h3-5,15H,6H2,1-2H3,(H,17,18). The van der Waals surface area contributed by atoms with Gasteiger partial charge in [0.25, 0.3) is 0 Å². The van der Waals surface area contributed by atoms with Crippen LogP contribution < -0.4 is 5.32 Å². The van der Waals surface area contributed by atoms with Crippen LogP contribution in [0, 0.1) is 6.92 Å². The minimum absolute atomic E-state index is 0.672. The normalized spacial score (nSPS) is 11.3. The zero-order valence-corrected chi connectivity index (χ0v) is 12.2. The number of fused-ring (bicyclic) bond motifs is 1. The molecule has 0 spiro atoms. The van der Waals surface area contributed by atoms with Gasteiger partial charge in [0.05, 0.1) is 11.4 Å². The van der Waals surface area contributed by atoms with E-state index in [0.717, 1.165) is 39.3 Å². The Bertz CT molecular complexity index is 731. The summed E-state index contributed by atoms with van der Waals surface area (Å²) in [6.07, 6.45) is 0. The zero-order valence-electron chi connectivity index (χ0n) is 10.6. The van der Waals surface area contributed by atoms with Crippen LogP contribution in [-0.2, 0) is 6.54 Å². The first kappa shape index (κ1) is 12.4. The molecule has 0 atom stereocenters. The van der Waals surface area contributed by atoms with E-state index in [1.807, 2.05) is 32.2 Å². The number of benzene rings is 1. The smallest absolute Gasteiger partial charge is 0.192 e. The molecule has 0 amide bonds. The zero-order chi connectivity index (χ0) is 13.4. The number of hydrogen-bond acceptors (Lipinski definition) is 4. The van der Waals surface area contributed by atoms with E-state index < -0.39 is 0 Å². The van der Waals surface area contributed by atoms with Crippen LogP contribution in [0.3, 0.4) is 0 Å². The molecule has 98 valence electrons. The maximum absolute atomic E-state index is 5.48. The summed E-state index contributed by atoms with van der Waals surface area (Å²) in [7, 11) is 1.91. The molecule has 5 nitrogen and oxygen atoms in total. The third-order valence-corrected chi connectivity index (χ3v) is 3.25. The number of nitrogens with one attached hydrogen (secondary N) is 2. The summed E-state index contributed by atoms with van der Waals surface area (Å²) < 4.78 is 6.21. The first-order valence-corrected chi connectivity index (χ1v) is 6.73. The number of aryl methyl sites for hydroxylation is 1. The van der Waals surface area contributed by atoms with E-state index in [1.54, 1.807) is 0 Å². The van der Waals surface area contributed by atoms with Crippen LogP contribution >= 0.6 is 15.9 Å². The molecule has 2 heterocycles. The highest BCUT2D eigenvalue weighted by atomic mass is 79.9. The van der Waals surface area contributed by atoms with Gasteiger partial charge in [0, 0.05) is 19.0 Å². The van der Waals surface area contributed by atoms with Gasteiger partial charge < -0.3 is 14.7 Å². The Morgan fingerprint density at radius 1 is 1.37 bits per heavy atom. The second kappa shape index (κ2) is 4.79. The van der Waals surface area contributed by atoms with Gasteiger partial charge in [-0.15, -0.1) is 0 Å². The number of halogens is 1. The fourth-order valence-corrected chi connectivity index (χ4v) is 2.53. The summed E-state index contributed by atoms with van der Waals surface area (Å²) in [6.45, 7) is 2.57. The molecule has 3 rings (SSSR count). The number of aromatic amines is 1. The second-order valence-corrected chi connectivity index (χ2v) is 5.05. The molecular formula is C13H13BrN4O. The van der Waals surface area contributed by atoms with Crippen LogP contribution in [0.2, 0.25) is 0 Å². The van der Waals surface area contributed by atoms with Gasteiger partial charge in [-0.3, -0.25) is 0 Å². The van der Waals surface area contributed by atoms with Gasteiger partial charge in [0.2, 0.25) is 0 Å². The van der Waals surface area contributed by atoms with Crippen molar-refractivity contribution in [1.29, 1.82) is 0 Å². The molecule has 2 N–H and O–H groups in total. The lowest BCUT2D eigenvalue weighted by Crippen LogP contribution is -2.06. The van der Waals surface area contributed by atoms with E-state index in [1.165, 1.54) is 0 Å². The number of nitrogens with zero attached hydrogens (tertiary/aromatic N) is 2. The molecule has 0 aliphatic heterocycles. The highest BCUT2D eigenvalue weighted by Crippen LogP contribution is 2.27. The second-order valence-electron chi connectivity index (χ2n) is 4.30. The molecule has 2 aromatic heterocycles. The Hall–Kier alpha value is -1.66. The van der Waals surface area contributed by atoms with Crippen LogP contribution in [-0.4, -0.2) is 22.0 Å². The number of H-pyrrole nitrogens is 1. The maximum Gasteiger partial charge on any atom is 0.192 e. The molecule has 0 aliphatic rings. The average molecular weight is 321 g/mol. The molecule has 3 aromatic rings. The highest BCUT2D eigenvalue weighted by molar-refractivity contribution is 9.10. The summed E-state index contributed by atoms with van der Waals surface area (Å²) in [5.74, 6) is 0.672. The SMILES string of the molecule is CNCc1[nH]c(Br)nc1-c1ccc2oc(C)nc2c1. The molecule has 0 radical (unpaired) electrons. The van der Waals surface area contributed by atoms with E-state index in [2.05, 4.69) is 36.2 Å². The fourth-order valence-electron chi connectivity index (χ4n) is 2.11. The largest absolute Gasteiger partial charge is 0.441 e. The number of aromatic nitrogens is 3. The van der Waals surface area contributed by atoms with Gasteiger partial charge in [0.15, 0.2) is 16.2 Å². The molecular weight excluding hydrogens is 308 g/mol. The van der Waals surface area contributed by atoms with Crippen molar-refractivity contribution in [3.8, 4) is 11.3 Å². The number of rotatable bonds is 3. The van der Waals surface area contributed by atoms with Gasteiger partial charge in [-0.25, -0.2) is 9.97 Å². The van der Waals surface area contributed by atoms with Crippen molar-refractivity contribution in [3.63, 3.8) is 0 Å². The quantitative estimate of drug-likeness (QED) is 0.778. The van der Waals surface area contributed by atoms with E-state index in [4.69, 9.17) is 4.42 Å². The minimum Gasteiger partial charge on any atom is -0.441 e. The van der Waals surface area contributed by atoms with Crippen molar-refractivity contribution in [2.45, 2.75) is 13.5 Å². The predicted molar refractivity (Wildman–Crippen MR) is 76.8 cm³/mol. The van der Waals surface area contributed by atoms with Crippen molar-refractivity contribution in [3.05, 3.63) is 34.5 Å². The summed E-state index contributed by atoms with van der Waals surface area (Å²) in [4.78, 5) is 12.0. The molecule has 1 aromatic carbocycles. The van der Waals surface area contributed by atoms with Gasteiger partial charge in [-0.05, 0) is 41.2 Å². The lowest BCUT2D eigenvalue weighted by molar-refractivity contribution is 0.561. The third kappa shape index (κ3) is 2.29. The summed E-state index contributed by atoms with van der Waals surface area (Å²) in [5, 5.41) is 3.12. The predicted octanol–water partition coefficient (Wildman–Crippen LogP) is 3.01. The molecule has 0 aliphatic carbocycles. The average Bonchev–Trinajstić information content (AvgIpc) is 2.90. The van der Waals surface area contributed by atoms with E-state index in [-0.39, 0.29) is 0 Å². The van der Waals surface area contributed by atoms with Gasteiger partial charge >= 0.3 is 0 Å². The Balaban J connectivity index is 2.12. The summed E-state index contributed by atoms with van der Waals surface area (Å²) >= 11 is 3.38. The van der Waals surface area contributed by atoms with E-state index in [0.29, 0.717) is 5.89 Å². The molecule has 0 bridgehead atoms. The van der Waals surface area contributed by atoms with Crippen LogP contribution in [0.4, 0.5) is 0 Å². The number of imidazole rings is 1. The molecule has 19 heavy (non-hydrogen) atoms. The van der Waals surface area contributed by atoms with Gasteiger partial charge in [-0.1, -0.05) is 0 Å². The van der Waals surface area contributed by atoms with Crippen LogP contribution in [0.15, 0.2) is 27.3 Å². The number of oxazole rings is 1. The third-order valence-electron chi connectivity index (χ3n) is 2.87. The number of hydrogen-bond donors (Lipinski definition) is 2. The minimum atomic E-state index is 0.672. The van der Waals surface area contributed by atoms with Crippen molar-refractivity contribution in [2.75, 3.05) is 7.05 Å². The molecule has 0 unspecified atom stereocenters. The lowest BCUT2D eigenvalue weighted by atomic mass is 10.1. The highest BCUT2D eigenvalue weighted by Gasteiger charge is 2.12. The summed E-state index contributed by atoms with van der Waals surface area (Å²) in [5.41, 5.74) is 4.63. The van der Waals surface area contributed by atoms with Gasteiger partial charge in [-0.2, -0.15) is 0 Å². The monoisotopic (exact) mass is 320 g/mol. The van der Waals surface area contributed by atoms with E-state index in [9.17, 15) is 0 Å². The van der Waals surface area contributed by atoms with Gasteiger partial charge in [0.1, 0.15) is 5.52 Å². The van der Waals surface area contributed by atoms with Crippen LogP contribution in [0.25, 0.3) is 22.4 Å². The Labute approximate surface area is 118 Å². The van der Waals surface area contributed by atoms with Crippen molar-refractivity contribution in [2.24, 2.45) is 0 Å². The van der Waals surface area contributed by atoms with Crippen LogP contribution in [0.5, 0.6) is 0 Å². The van der Waals surface area contributed by atoms with E-state index >= 15 is 0 Å².